The third kappa shape index (κ3) is 24.0. The molecule has 0 aliphatic rings. The Labute approximate surface area is 236 Å². The van der Waals surface area contributed by atoms with E-state index >= 15 is 0 Å². The standard InChI is InChI=1S/C34H62O4/c1-3-5-7-9-11-12-13-14-16-18-20-26-35-27-28-36-29-30-37-31-32-38-34-24-22-33(23-25-34)21-19-17-15-10-8-6-4-2/h22-25H,3-21,26-32H2,1-2H3. The van der Waals surface area contributed by atoms with Crippen molar-refractivity contribution in [2.45, 2.75) is 136 Å². The highest BCUT2D eigenvalue weighted by Gasteiger charge is 1.99. The van der Waals surface area contributed by atoms with Crippen LogP contribution in [0.1, 0.15) is 135 Å². The maximum absolute atomic E-state index is 5.79. The number of ether oxygens (including phenoxy) is 4. The second kappa shape index (κ2) is 28.9. The summed E-state index contributed by atoms with van der Waals surface area (Å²) in [6.45, 7) is 9.08. The minimum atomic E-state index is 0.569. The molecule has 1 rings (SSSR count). The number of benzene rings is 1. The second-order valence-electron chi connectivity index (χ2n) is 10.7. The summed E-state index contributed by atoms with van der Waals surface area (Å²) in [7, 11) is 0. The molecule has 1 aromatic rings. The Morgan fingerprint density at radius 2 is 0.789 bits per heavy atom. The molecular formula is C34H62O4. The largest absolute Gasteiger partial charge is 0.491 e. The van der Waals surface area contributed by atoms with E-state index in [2.05, 4.69) is 38.1 Å². The SMILES string of the molecule is CCCCCCCCCCCCCOCCOCCOCCOc1ccc(CCCCCCCCC)cc1. The first-order valence-electron chi connectivity index (χ1n) is 16.3. The molecule has 0 spiro atoms. The first-order valence-corrected chi connectivity index (χ1v) is 16.3. The van der Waals surface area contributed by atoms with Gasteiger partial charge in [0.25, 0.3) is 0 Å². The summed E-state index contributed by atoms with van der Waals surface area (Å²) in [4.78, 5) is 0. The molecule has 0 heterocycles. The zero-order chi connectivity index (χ0) is 27.2. The Bertz CT molecular complexity index is 574. The van der Waals surface area contributed by atoms with Crippen LogP contribution in [0.15, 0.2) is 24.3 Å². The van der Waals surface area contributed by atoms with E-state index in [0.717, 1.165) is 12.4 Å². The van der Waals surface area contributed by atoms with Crippen LogP contribution in [0.3, 0.4) is 0 Å². The molecule has 0 saturated carbocycles. The van der Waals surface area contributed by atoms with Crippen molar-refractivity contribution in [2.75, 3.05) is 46.2 Å². The van der Waals surface area contributed by atoms with Crippen molar-refractivity contribution in [1.82, 2.24) is 0 Å². The van der Waals surface area contributed by atoms with Gasteiger partial charge in [0, 0.05) is 6.61 Å². The summed E-state index contributed by atoms with van der Waals surface area (Å²) in [6, 6.07) is 8.55. The summed E-state index contributed by atoms with van der Waals surface area (Å²) >= 11 is 0. The summed E-state index contributed by atoms with van der Waals surface area (Å²) in [6.07, 6.45) is 25.7. The summed E-state index contributed by atoms with van der Waals surface area (Å²) < 4.78 is 22.7. The zero-order valence-electron chi connectivity index (χ0n) is 25.3. The Hall–Kier alpha value is -1.10. The fourth-order valence-corrected chi connectivity index (χ4v) is 4.67. The number of hydrogen-bond donors (Lipinski definition) is 0. The van der Waals surface area contributed by atoms with Gasteiger partial charge in [-0.15, -0.1) is 0 Å². The summed E-state index contributed by atoms with van der Waals surface area (Å²) in [5.74, 6) is 0.920. The molecule has 1 aromatic carbocycles. The molecule has 0 fully saturated rings. The highest BCUT2D eigenvalue weighted by Crippen LogP contribution is 2.15. The molecule has 0 aromatic heterocycles. The molecule has 0 amide bonds. The normalized spacial score (nSPS) is 11.3. The van der Waals surface area contributed by atoms with Gasteiger partial charge in [-0.25, -0.2) is 0 Å². The zero-order valence-corrected chi connectivity index (χ0v) is 25.3. The van der Waals surface area contributed by atoms with Gasteiger partial charge in [-0.3, -0.25) is 0 Å². The van der Waals surface area contributed by atoms with Gasteiger partial charge in [-0.05, 0) is 37.0 Å². The first-order chi connectivity index (χ1) is 18.9. The van der Waals surface area contributed by atoms with Crippen LogP contribution in [-0.2, 0) is 20.6 Å². The average molecular weight is 535 g/mol. The van der Waals surface area contributed by atoms with Gasteiger partial charge in [-0.2, -0.15) is 0 Å². The third-order valence-electron chi connectivity index (χ3n) is 7.13. The van der Waals surface area contributed by atoms with Crippen molar-refractivity contribution in [1.29, 1.82) is 0 Å². The second-order valence-corrected chi connectivity index (χ2v) is 10.7. The van der Waals surface area contributed by atoms with E-state index in [1.54, 1.807) is 0 Å². The molecule has 0 unspecified atom stereocenters. The molecule has 0 aliphatic carbocycles. The molecule has 0 radical (unpaired) electrons. The van der Waals surface area contributed by atoms with Crippen LogP contribution >= 0.6 is 0 Å². The van der Waals surface area contributed by atoms with Gasteiger partial charge >= 0.3 is 0 Å². The Balaban J connectivity index is 1.78. The molecule has 38 heavy (non-hydrogen) atoms. The lowest BCUT2D eigenvalue weighted by atomic mass is 10.0. The van der Waals surface area contributed by atoms with E-state index in [9.17, 15) is 0 Å². The van der Waals surface area contributed by atoms with Crippen molar-refractivity contribution in [3.63, 3.8) is 0 Å². The van der Waals surface area contributed by atoms with Crippen molar-refractivity contribution in [3.05, 3.63) is 29.8 Å². The molecule has 222 valence electrons. The van der Waals surface area contributed by atoms with Crippen LogP contribution in [0, 0.1) is 0 Å². The predicted molar refractivity (Wildman–Crippen MR) is 163 cm³/mol. The van der Waals surface area contributed by atoms with Crippen LogP contribution in [0.25, 0.3) is 0 Å². The monoisotopic (exact) mass is 534 g/mol. The molecule has 4 nitrogen and oxygen atoms in total. The highest BCUT2D eigenvalue weighted by atomic mass is 16.6. The topological polar surface area (TPSA) is 36.9 Å². The van der Waals surface area contributed by atoms with Gasteiger partial charge in [-0.1, -0.05) is 129 Å². The van der Waals surface area contributed by atoms with Crippen molar-refractivity contribution in [3.8, 4) is 5.75 Å². The lowest BCUT2D eigenvalue weighted by molar-refractivity contribution is 0.00878. The third-order valence-corrected chi connectivity index (χ3v) is 7.13. The van der Waals surface area contributed by atoms with Crippen LogP contribution < -0.4 is 4.74 Å². The lowest BCUT2D eigenvalue weighted by Crippen LogP contribution is -2.13. The molecule has 0 saturated heterocycles. The van der Waals surface area contributed by atoms with Gasteiger partial charge in [0.2, 0.25) is 0 Å². The molecule has 4 heteroatoms. The number of rotatable bonds is 30. The smallest absolute Gasteiger partial charge is 0.119 e. The Kier molecular flexibility index (Phi) is 26.6. The lowest BCUT2D eigenvalue weighted by Gasteiger charge is -2.09. The van der Waals surface area contributed by atoms with E-state index < -0.39 is 0 Å². The fraction of sp³-hybridized carbons (Fsp3) is 0.824. The predicted octanol–water partition coefficient (Wildman–Crippen LogP) is 9.72. The van der Waals surface area contributed by atoms with Crippen molar-refractivity contribution < 1.29 is 18.9 Å². The van der Waals surface area contributed by atoms with Crippen molar-refractivity contribution >= 4 is 0 Å². The van der Waals surface area contributed by atoms with Gasteiger partial charge in [0.15, 0.2) is 0 Å². The van der Waals surface area contributed by atoms with E-state index in [1.807, 2.05) is 0 Å². The van der Waals surface area contributed by atoms with E-state index in [0.29, 0.717) is 39.6 Å². The molecule has 0 aliphatic heterocycles. The maximum atomic E-state index is 5.79. The van der Waals surface area contributed by atoms with Crippen LogP contribution in [-0.4, -0.2) is 46.2 Å². The quantitative estimate of drug-likeness (QED) is 0.0920. The molecular weight excluding hydrogens is 472 g/mol. The molecule has 0 bridgehead atoms. The maximum Gasteiger partial charge on any atom is 0.119 e. The minimum absolute atomic E-state index is 0.569. The van der Waals surface area contributed by atoms with E-state index in [-0.39, 0.29) is 0 Å². The van der Waals surface area contributed by atoms with Crippen LogP contribution in [0.2, 0.25) is 0 Å². The number of hydrogen-bond acceptors (Lipinski definition) is 4. The number of aryl methyl sites for hydroxylation is 1. The van der Waals surface area contributed by atoms with Gasteiger partial charge in [0.05, 0.1) is 33.0 Å². The number of unbranched alkanes of at least 4 members (excludes halogenated alkanes) is 16. The summed E-state index contributed by atoms with van der Waals surface area (Å²) in [5, 5.41) is 0. The fourth-order valence-electron chi connectivity index (χ4n) is 4.67. The first kappa shape index (κ1) is 34.9. The summed E-state index contributed by atoms with van der Waals surface area (Å²) in [5.41, 5.74) is 1.40. The minimum Gasteiger partial charge on any atom is -0.491 e. The van der Waals surface area contributed by atoms with Crippen LogP contribution in [0.4, 0.5) is 0 Å². The molecule has 0 N–H and O–H groups in total. The van der Waals surface area contributed by atoms with E-state index in [1.165, 1.54) is 128 Å². The van der Waals surface area contributed by atoms with Gasteiger partial charge in [0.1, 0.15) is 12.4 Å². The Morgan fingerprint density at radius 3 is 1.29 bits per heavy atom. The van der Waals surface area contributed by atoms with Gasteiger partial charge < -0.3 is 18.9 Å². The van der Waals surface area contributed by atoms with E-state index in [4.69, 9.17) is 18.9 Å². The average Bonchev–Trinajstić information content (AvgIpc) is 2.94. The highest BCUT2D eigenvalue weighted by molar-refractivity contribution is 5.27. The molecule has 0 atom stereocenters. The van der Waals surface area contributed by atoms with Crippen molar-refractivity contribution in [2.24, 2.45) is 0 Å². The van der Waals surface area contributed by atoms with Crippen LogP contribution in [0.5, 0.6) is 5.75 Å². The Morgan fingerprint density at radius 1 is 0.395 bits per heavy atom.